The Morgan fingerprint density at radius 2 is 2.12 bits per heavy atom. The number of carbonyl (C=O) groups is 2. The van der Waals surface area contributed by atoms with E-state index in [4.69, 9.17) is 4.74 Å². The van der Waals surface area contributed by atoms with Gasteiger partial charge in [0.1, 0.15) is 12.7 Å². The maximum absolute atomic E-state index is 11.8. The second kappa shape index (κ2) is 4.78. The van der Waals surface area contributed by atoms with Crippen LogP contribution >= 0.6 is 0 Å². The van der Waals surface area contributed by atoms with Crippen molar-refractivity contribution in [3.8, 4) is 0 Å². The molecule has 5 heteroatoms. The van der Waals surface area contributed by atoms with Crippen LogP contribution in [0.1, 0.15) is 18.1 Å². The molecule has 0 aliphatic rings. The summed E-state index contributed by atoms with van der Waals surface area (Å²) in [5.41, 5.74) is 1.42. The molecule has 0 spiro atoms. The standard InChI is InChI=1S/C12H12N2O3/c1-2-17-12(16)7-11(15)14-8-13-9-5-3-4-6-10(9)14/h3-6,8H,2,7H2,1H3. The highest BCUT2D eigenvalue weighted by molar-refractivity contribution is 5.99. The van der Waals surface area contributed by atoms with Gasteiger partial charge in [0.15, 0.2) is 0 Å². The molecule has 1 aromatic carbocycles. The summed E-state index contributed by atoms with van der Waals surface area (Å²) >= 11 is 0. The van der Waals surface area contributed by atoms with Crippen molar-refractivity contribution in [3.05, 3.63) is 30.6 Å². The fraction of sp³-hybridized carbons (Fsp3) is 0.250. The van der Waals surface area contributed by atoms with Crippen molar-refractivity contribution in [3.63, 3.8) is 0 Å². The van der Waals surface area contributed by atoms with Gasteiger partial charge in [-0.05, 0) is 19.1 Å². The van der Waals surface area contributed by atoms with Crippen LogP contribution in [0.15, 0.2) is 30.6 Å². The van der Waals surface area contributed by atoms with Crippen LogP contribution in [0.25, 0.3) is 11.0 Å². The minimum absolute atomic E-state index is 0.270. The molecule has 0 aliphatic heterocycles. The lowest BCUT2D eigenvalue weighted by molar-refractivity contribution is -0.142. The summed E-state index contributed by atoms with van der Waals surface area (Å²) in [5.74, 6) is -0.854. The van der Waals surface area contributed by atoms with Gasteiger partial charge in [0.05, 0.1) is 17.6 Å². The monoisotopic (exact) mass is 232 g/mol. The fourth-order valence-corrected chi connectivity index (χ4v) is 1.58. The molecule has 0 bridgehead atoms. The number of para-hydroxylation sites is 2. The fourth-order valence-electron chi connectivity index (χ4n) is 1.58. The molecule has 17 heavy (non-hydrogen) atoms. The molecule has 0 unspecified atom stereocenters. The van der Waals surface area contributed by atoms with Crippen LogP contribution in [0.3, 0.4) is 0 Å². The Balaban J connectivity index is 2.22. The van der Waals surface area contributed by atoms with Gasteiger partial charge >= 0.3 is 5.97 Å². The number of ether oxygens (including phenoxy) is 1. The largest absolute Gasteiger partial charge is 0.466 e. The molecule has 0 fully saturated rings. The number of esters is 1. The molecule has 0 atom stereocenters. The quantitative estimate of drug-likeness (QED) is 0.596. The molecule has 88 valence electrons. The zero-order valence-electron chi connectivity index (χ0n) is 9.42. The summed E-state index contributed by atoms with van der Waals surface area (Å²) in [6.45, 7) is 1.98. The molecular weight excluding hydrogens is 220 g/mol. The summed E-state index contributed by atoms with van der Waals surface area (Å²) in [6, 6.07) is 7.25. The van der Waals surface area contributed by atoms with Crippen LogP contribution in [0.2, 0.25) is 0 Å². The van der Waals surface area contributed by atoms with E-state index in [1.807, 2.05) is 18.2 Å². The molecule has 0 saturated carbocycles. The average molecular weight is 232 g/mol. The third-order valence-electron chi connectivity index (χ3n) is 2.32. The Kier molecular flexibility index (Phi) is 3.18. The lowest BCUT2D eigenvalue weighted by atomic mass is 10.3. The first-order valence-corrected chi connectivity index (χ1v) is 5.33. The third-order valence-corrected chi connectivity index (χ3v) is 2.32. The molecule has 0 aliphatic carbocycles. The van der Waals surface area contributed by atoms with E-state index in [2.05, 4.69) is 4.98 Å². The van der Waals surface area contributed by atoms with E-state index in [1.54, 1.807) is 13.0 Å². The molecule has 1 heterocycles. The molecule has 2 rings (SSSR count). The molecule has 0 amide bonds. The van der Waals surface area contributed by atoms with E-state index >= 15 is 0 Å². The first-order chi connectivity index (χ1) is 8.22. The second-order valence-electron chi connectivity index (χ2n) is 3.48. The van der Waals surface area contributed by atoms with Gasteiger partial charge < -0.3 is 4.74 Å². The number of nitrogens with zero attached hydrogens (tertiary/aromatic N) is 2. The molecular formula is C12H12N2O3. The van der Waals surface area contributed by atoms with Gasteiger partial charge in [0.2, 0.25) is 5.91 Å². The molecule has 5 nitrogen and oxygen atoms in total. The van der Waals surface area contributed by atoms with Crippen molar-refractivity contribution in [1.82, 2.24) is 9.55 Å². The van der Waals surface area contributed by atoms with Gasteiger partial charge in [-0.15, -0.1) is 0 Å². The van der Waals surface area contributed by atoms with E-state index in [9.17, 15) is 9.59 Å². The Morgan fingerprint density at radius 1 is 1.35 bits per heavy atom. The minimum atomic E-state index is -0.518. The van der Waals surface area contributed by atoms with Crippen LogP contribution in [-0.2, 0) is 9.53 Å². The number of aromatic nitrogens is 2. The highest BCUT2D eigenvalue weighted by Gasteiger charge is 2.14. The minimum Gasteiger partial charge on any atom is -0.466 e. The highest BCUT2D eigenvalue weighted by Crippen LogP contribution is 2.12. The van der Waals surface area contributed by atoms with E-state index in [0.29, 0.717) is 5.52 Å². The van der Waals surface area contributed by atoms with Crippen molar-refractivity contribution in [2.45, 2.75) is 13.3 Å². The molecule has 0 saturated heterocycles. The number of fused-ring (bicyclic) bond motifs is 1. The Bertz CT molecular complexity index is 560. The van der Waals surface area contributed by atoms with E-state index in [-0.39, 0.29) is 18.9 Å². The number of hydrogen-bond donors (Lipinski definition) is 0. The normalized spacial score (nSPS) is 10.4. The maximum Gasteiger partial charge on any atom is 0.315 e. The average Bonchev–Trinajstić information content (AvgIpc) is 2.72. The Morgan fingerprint density at radius 3 is 2.88 bits per heavy atom. The summed E-state index contributed by atoms with van der Waals surface area (Å²) in [6.07, 6.45) is 1.15. The molecule has 2 aromatic rings. The Hall–Kier alpha value is -2.17. The summed E-state index contributed by atoms with van der Waals surface area (Å²) in [4.78, 5) is 27.1. The summed E-state index contributed by atoms with van der Waals surface area (Å²) in [5, 5.41) is 0. The van der Waals surface area contributed by atoms with Crippen LogP contribution in [0.5, 0.6) is 0 Å². The third kappa shape index (κ3) is 2.33. The topological polar surface area (TPSA) is 61.2 Å². The van der Waals surface area contributed by atoms with Gasteiger partial charge in [0, 0.05) is 0 Å². The van der Waals surface area contributed by atoms with Crippen molar-refractivity contribution >= 4 is 22.9 Å². The van der Waals surface area contributed by atoms with Crippen molar-refractivity contribution < 1.29 is 14.3 Å². The molecule has 0 N–H and O–H groups in total. The summed E-state index contributed by atoms with van der Waals surface area (Å²) in [7, 11) is 0. The smallest absolute Gasteiger partial charge is 0.315 e. The number of carbonyl (C=O) groups excluding carboxylic acids is 2. The van der Waals surface area contributed by atoms with Crippen LogP contribution in [0, 0.1) is 0 Å². The predicted octanol–water partition coefficient (Wildman–Crippen LogP) is 1.63. The maximum atomic E-state index is 11.8. The Labute approximate surface area is 98.0 Å². The van der Waals surface area contributed by atoms with E-state index in [1.165, 1.54) is 10.9 Å². The van der Waals surface area contributed by atoms with Gasteiger partial charge in [-0.1, -0.05) is 12.1 Å². The van der Waals surface area contributed by atoms with Crippen molar-refractivity contribution in [2.75, 3.05) is 6.61 Å². The van der Waals surface area contributed by atoms with E-state index < -0.39 is 5.97 Å². The lowest BCUT2D eigenvalue weighted by Crippen LogP contribution is -2.16. The number of benzene rings is 1. The summed E-state index contributed by atoms with van der Waals surface area (Å²) < 4.78 is 6.10. The van der Waals surface area contributed by atoms with Crippen LogP contribution in [0.4, 0.5) is 0 Å². The van der Waals surface area contributed by atoms with Crippen LogP contribution in [-0.4, -0.2) is 28.0 Å². The number of rotatable bonds is 3. The molecule has 0 radical (unpaired) electrons. The first-order valence-electron chi connectivity index (χ1n) is 5.33. The highest BCUT2D eigenvalue weighted by atomic mass is 16.5. The van der Waals surface area contributed by atoms with E-state index in [0.717, 1.165) is 5.52 Å². The van der Waals surface area contributed by atoms with Crippen molar-refractivity contribution in [2.24, 2.45) is 0 Å². The SMILES string of the molecule is CCOC(=O)CC(=O)n1cnc2ccccc21. The number of hydrogen-bond acceptors (Lipinski definition) is 4. The van der Waals surface area contributed by atoms with Gasteiger partial charge in [-0.3, -0.25) is 14.2 Å². The lowest BCUT2D eigenvalue weighted by Gasteiger charge is -2.02. The zero-order valence-corrected chi connectivity index (χ0v) is 9.42. The van der Waals surface area contributed by atoms with Gasteiger partial charge in [-0.25, -0.2) is 4.98 Å². The number of imidazole rings is 1. The first kappa shape index (κ1) is 11.3. The van der Waals surface area contributed by atoms with Crippen molar-refractivity contribution in [1.29, 1.82) is 0 Å². The predicted molar refractivity (Wildman–Crippen MR) is 61.6 cm³/mol. The molecule has 1 aromatic heterocycles. The second-order valence-corrected chi connectivity index (χ2v) is 3.48. The van der Waals surface area contributed by atoms with Gasteiger partial charge in [0.25, 0.3) is 0 Å². The van der Waals surface area contributed by atoms with Crippen LogP contribution < -0.4 is 0 Å². The van der Waals surface area contributed by atoms with Gasteiger partial charge in [-0.2, -0.15) is 0 Å². The zero-order chi connectivity index (χ0) is 12.3.